The van der Waals surface area contributed by atoms with E-state index in [1.165, 1.54) is 11.8 Å². The lowest BCUT2D eigenvalue weighted by Gasteiger charge is -2.34. The Bertz CT molecular complexity index is 1200. The van der Waals surface area contributed by atoms with Crippen molar-refractivity contribution < 1.29 is 9.53 Å². The van der Waals surface area contributed by atoms with Gasteiger partial charge in [0.2, 0.25) is 0 Å². The van der Waals surface area contributed by atoms with Crippen LogP contribution in [0.3, 0.4) is 0 Å². The molecule has 8 nitrogen and oxygen atoms in total. The van der Waals surface area contributed by atoms with Crippen LogP contribution in [0, 0.1) is 6.92 Å². The predicted molar refractivity (Wildman–Crippen MR) is 135 cm³/mol. The average Bonchev–Trinajstić information content (AvgIpc) is 3.41. The van der Waals surface area contributed by atoms with E-state index in [9.17, 15) is 9.59 Å². The summed E-state index contributed by atoms with van der Waals surface area (Å²) in [6, 6.07) is 3.79. The fourth-order valence-corrected chi connectivity index (χ4v) is 5.72. The fourth-order valence-electron chi connectivity index (χ4n) is 4.47. The molecule has 3 fully saturated rings. The van der Waals surface area contributed by atoms with Crippen LogP contribution in [-0.2, 0) is 9.53 Å². The Morgan fingerprint density at radius 3 is 2.79 bits per heavy atom. The van der Waals surface area contributed by atoms with Crippen molar-refractivity contribution >= 4 is 51.7 Å². The molecule has 0 spiro atoms. The van der Waals surface area contributed by atoms with Gasteiger partial charge in [-0.05, 0) is 44.5 Å². The molecular formula is C23H27N5O3S2. The number of ether oxygens (including phenoxy) is 1. The van der Waals surface area contributed by atoms with Crippen molar-refractivity contribution in [2.45, 2.75) is 25.9 Å². The number of piperazine rings is 1. The Hall–Kier alpha value is -2.27. The van der Waals surface area contributed by atoms with Crippen LogP contribution >= 0.6 is 24.0 Å². The molecule has 0 N–H and O–H groups in total. The number of thioether (sulfide) groups is 1. The molecule has 0 radical (unpaired) electrons. The number of pyridine rings is 1. The van der Waals surface area contributed by atoms with E-state index in [2.05, 4.69) is 16.8 Å². The Labute approximate surface area is 202 Å². The molecule has 0 saturated carbocycles. The largest absolute Gasteiger partial charge is 0.376 e. The molecule has 2 aromatic heterocycles. The third-order valence-electron chi connectivity index (χ3n) is 6.43. The van der Waals surface area contributed by atoms with Crippen molar-refractivity contribution in [2.75, 3.05) is 51.3 Å². The Kier molecular flexibility index (Phi) is 6.26. The van der Waals surface area contributed by atoms with Gasteiger partial charge in [-0.25, -0.2) is 4.98 Å². The molecule has 1 atom stereocenters. The molecule has 0 aliphatic carbocycles. The minimum atomic E-state index is -0.179. The fraction of sp³-hybridized carbons (Fsp3) is 0.478. The molecule has 33 heavy (non-hydrogen) atoms. The molecule has 3 saturated heterocycles. The number of carbonyl (C=O) groups is 1. The lowest BCUT2D eigenvalue weighted by atomic mass is 10.2. The first-order chi connectivity index (χ1) is 15.9. The second-order valence-electron chi connectivity index (χ2n) is 8.76. The molecule has 0 bridgehead atoms. The van der Waals surface area contributed by atoms with Crippen LogP contribution in [0.25, 0.3) is 11.7 Å². The number of fused-ring (bicyclic) bond motifs is 1. The van der Waals surface area contributed by atoms with E-state index in [4.69, 9.17) is 21.9 Å². The number of amides is 1. The molecule has 3 aliphatic rings. The highest BCUT2D eigenvalue weighted by molar-refractivity contribution is 8.26. The van der Waals surface area contributed by atoms with Gasteiger partial charge in [0.25, 0.3) is 11.5 Å². The topological polar surface area (TPSA) is 70.4 Å². The van der Waals surface area contributed by atoms with Crippen molar-refractivity contribution in [3.8, 4) is 0 Å². The van der Waals surface area contributed by atoms with Crippen LogP contribution < -0.4 is 10.5 Å². The van der Waals surface area contributed by atoms with Gasteiger partial charge < -0.3 is 14.5 Å². The first kappa shape index (κ1) is 22.5. The van der Waals surface area contributed by atoms with E-state index < -0.39 is 0 Å². The highest BCUT2D eigenvalue weighted by atomic mass is 32.2. The summed E-state index contributed by atoms with van der Waals surface area (Å²) in [4.78, 5) is 38.2. The quantitative estimate of drug-likeness (QED) is 0.482. The van der Waals surface area contributed by atoms with Gasteiger partial charge >= 0.3 is 0 Å². The molecular weight excluding hydrogens is 458 g/mol. The number of thiocarbonyl (C=S) groups is 1. The number of rotatable bonds is 4. The van der Waals surface area contributed by atoms with Crippen molar-refractivity contribution in [1.29, 1.82) is 0 Å². The minimum absolute atomic E-state index is 0.0173. The van der Waals surface area contributed by atoms with Gasteiger partial charge in [0.15, 0.2) is 0 Å². The van der Waals surface area contributed by atoms with Crippen molar-refractivity contribution in [3.05, 3.63) is 44.7 Å². The first-order valence-corrected chi connectivity index (χ1v) is 12.5. The van der Waals surface area contributed by atoms with Gasteiger partial charge in [-0.15, -0.1) is 0 Å². The standard InChI is InChI=1S/C23H27N5O3S2/c1-15-5-3-7-27-19(15)24-20(26-10-8-25(2)9-11-26)17(21(27)29)13-18-22(30)28(23(32)33-18)14-16-6-4-12-31-16/h3,5,7,13,16H,4,6,8-12,14H2,1-2H3/b18-13-/t16-/m1/s1. The van der Waals surface area contributed by atoms with Gasteiger partial charge in [0.1, 0.15) is 15.8 Å². The van der Waals surface area contributed by atoms with E-state index in [1.807, 2.05) is 19.1 Å². The number of aryl methyl sites for hydroxylation is 1. The molecule has 0 aromatic carbocycles. The van der Waals surface area contributed by atoms with Crippen molar-refractivity contribution in [2.24, 2.45) is 0 Å². The minimum Gasteiger partial charge on any atom is -0.376 e. The molecule has 3 aliphatic heterocycles. The summed E-state index contributed by atoms with van der Waals surface area (Å²) < 4.78 is 7.76. The van der Waals surface area contributed by atoms with Gasteiger partial charge in [-0.2, -0.15) is 0 Å². The number of hydrogen-bond acceptors (Lipinski definition) is 8. The number of carbonyl (C=O) groups excluding carboxylic acids is 1. The zero-order chi connectivity index (χ0) is 23.1. The van der Waals surface area contributed by atoms with Gasteiger partial charge in [0.05, 0.1) is 23.1 Å². The summed E-state index contributed by atoms with van der Waals surface area (Å²) in [5.74, 6) is 0.463. The lowest BCUT2D eigenvalue weighted by molar-refractivity contribution is -0.123. The zero-order valence-electron chi connectivity index (χ0n) is 18.8. The third-order valence-corrected chi connectivity index (χ3v) is 7.80. The molecule has 2 aromatic rings. The van der Waals surface area contributed by atoms with E-state index in [-0.39, 0.29) is 17.6 Å². The second kappa shape index (κ2) is 9.17. The van der Waals surface area contributed by atoms with E-state index in [0.717, 1.165) is 51.2 Å². The highest BCUT2D eigenvalue weighted by Crippen LogP contribution is 2.34. The molecule has 1 amide bonds. The van der Waals surface area contributed by atoms with Gasteiger partial charge in [-0.3, -0.25) is 18.9 Å². The first-order valence-electron chi connectivity index (χ1n) is 11.2. The maximum absolute atomic E-state index is 13.6. The number of hydrogen-bond donors (Lipinski definition) is 0. The van der Waals surface area contributed by atoms with E-state index in [1.54, 1.807) is 21.6 Å². The van der Waals surface area contributed by atoms with Crippen LogP contribution in [0.1, 0.15) is 24.0 Å². The number of anilines is 1. The zero-order valence-corrected chi connectivity index (χ0v) is 20.5. The maximum Gasteiger partial charge on any atom is 0.267 e. The SMILES string of the molecule is Cc1cccn2c(=O)c(/C=C3\SC(=S)N(C[C@H]4CCCO4)C3=O)c(N3CCN(C)CC3)nc12. The van der Waals surface area contributed by atoms with E-state index in [0.29, 0.717) is 32.8 Å². The Morgan fingerprint density at radius 1 is 1.27 bits per heavy atom. The number of nitrogens with zero attached hydrogens (tertiary/aromatic N) is 5. The molecule has 0 unspecified atom stereocenters. The summed E-state index contributed by atoms with van der Waals surface area (Å²) >= 11 is 6.74. The second-order valence-corrected chi connectivity index (χ2v) is 10.4. The summed E-state index contributed by atoms with van der Waals surface area (Å²) in [6.45, 7) is 6.45. The third kappa shape index (κ3) is 4.32. The Balaban J connectivity index is 1.56. The molecule has 5 heterocycles. The highest BCUT2D eigenvalue weighted by Gasteiger charge is 2.35. The van der Waals surface area contributed by atoms with Crippen LogP contribution in [-0.4, -0.2) is 81.9 Å². The smallest absolute Gasteiger partial charge is 0.267 e. The molecule has 174 valence electrons. The summed E-state index contributed by atoms with van der Waals surface area (Å²) in [6.07, 6.45) is 5.36. The summed E-state index contributed by atoms with van der Waals surface area (Å²) in [5.41, 5.74) is 1.82. The maximum atomic E-state index is 13.6. The van der Waals surface area contributed by atoms with Crippen molar-refractivity contribution in [1.82, 2.24) is 19.2 Å². The molecule has 10 heteroatoms. The van der Waals surface area contributed by atoms with Gasteiger partial charge in [0, 0.05) is 39.0 Å². The Morgan fingerprint density at radius 2 is 2.06 bits per heavy atom. The number of likely N-dealkylation sites (N-methyl/N-ethyl adjacent to an activating group) is 1. The van der Waals surface area contributed by atoms with Crippen LogP contribution in [0.2, 0.25) is 0 Å². The van der Waals surface area contributed by atoms with Crippen LogP contribution in [0.4, 0.5) is 5.82 Å². The predicted octanol–water partition coefficient (Wildman–Crippen LogP) is 2.13. The van der Waals surface area contributed by atoms with Gasteiger partial charge in [-0.1, -0.05) is 30.0 Å². The van der Waals surface area contributed by atoms with Crippen LogP contribution in [0.15, 0.2) is 28.0 Å². The summed E-state index contributed by atoms with van der Waals surface area (Å²) in [5, 5.41) is 0. The normalized spacial score (nSPS) is 23.5. The van der Waals surface area contributed by atoms with Crippen LogP contribution in [0.5, 0.6) is 0 Å². The lowest BCUT2D eigenvalue weighted by Crippen LogP contribution is -2.45. The molecule has 5 rings (SSSR count). The summed E-state index contributed by atoms with van der Waals surface area (Å²) in [7, 11) is 2.09. The van der Waals surface area contributed by atoms with Crippen molar-refractivity contribution in [3.63, 3.8) is 0 Å². The number of aromatic nitrogens is 2. The monoisotopic (exact) mass is 485 g/mol. The van der Waals surface area contributed by atoms with E-state index >= 15 is 0 Å². The average molecular weight is 486 g/mol.